The predicted octanol–water partition coefficient (Wildman–Crippen LogP) is 7.30. The fourth-order valence-electron chi connectivity index (χ4n) is 5.14. The third-order valence-electron chi connectivity index (χ3n) is 6.44. The maximum Gasteiger partial charge on any atom is 0.134 e. The fourth-order valence-corrected chi connectivity index (χ4v) is 5.14. The molecule has 0 saturated carbocycles. The van der Waals surface area contributed by atoms with Gasteiger partial charge in [0.2, 0.25) is 0 Å². The topological polar surface area (TPSA) is 12.9 Å². The molecule has 2 heteroatoms. The van der Waals surface area contributed by atoms with Crippen LogP contribution in [0.1, 0.15) is 64.3 Å². The average molecular weight is 376 g/mol. The molecule has 1 aromatic heterocycles. The maximum atomic E-state index is 15.0. The quantitative estimate of drug-likeness (QED) is 0.513. The molecular weight excluding hydrogens is 345 g/mol. The Morgan fingerprint density at radius 1 is 1.29 bits per heavy atom. The van der Waals surface area contributed by atoms with E-state index >= 15 is 0 Å². The van der Waals surface area contributed by atoms with Crippen molar-refractivity contribution in [1.29, 1.82) is 0 Å². The van der Waals surface area contributed by atoms with Gasteiger partial charge in [0, 0.05) is 22.4 Å². The number of hydrogen-bond donors (Lipinski definition) is 0. The normalized spacial score (nSPS) is 20.9. The molecule has 0 radical (unpaired) electrons. The molecule has 0 spiro atoms. The first kappa shape index (κ1) is 19.1. The smallest absolute Gasteiger partial charge is 0.134 e. The van der Waals surface area contributed by atoms with Crippen molar-refractivity contribution in [3.63, 3.8) is 0 Å². The largest absolute Gasteiger partial charge is 0.256 e. The van der Waals surface area contributed by atoms with Crippen LogP contribution in [0.2, 0.25) is 0 Å². The molecule has 0 fully saturated rings. The van der Waals surface area contributed by atoms with Crippen molar-refractivity contribution in [1.82, 2.24) is 4.98 Å². The summed E-state index contributed by atoms with van der Waals surface area (Å²) in [5.74, 6) is 0.835. The molecule has 2 aromatic rings. The molecule has 28 heavy (non-hydrogen) atoms. The minimum Gasteiger partial charge on any atom is -0.256 e. The molecule has 1 unspecified atom stereocenters. The standard InChI is InChI=1S/C26H30FN/c1-15(2)8-7-9-18-11-10-16(3)23-21(18)25-22-19(12-13-28-25)24(27)17(4)14-20(22)26(23,5)6/h7-8,10,12-15,18H,9,11H2,1-6H3. The minimum atomic E-state index is -0.164. The summed E-state index contributed by atoms with van der Waals surface area (Å²) in [6, 6.07) is 3.88. The van der Waals surface area contributed by atoms with Crippen LogP contribution in [0.25, 0.3) is 16.3 Å². The highest BCUT2D eigenvalue weighted by Gasteiger charge is 2.40. The number of allylic oxidation sites excluding steroid dienone is 6. The second-order valence-corrected chi connectivity index (χ2v) is 9.28. The number of hydrogen-bond acceptors (Lipinski definition) is 1. The Labute approximate surface area is 168 Å². The lowest BCUT2D eigenvalue weighted by molar-refractivity contribution is 0.586. The van der Waals surface area contributed by atoms with Gasteiger partial charge >= 0.3 is 0 Å². The van der Waals surface area contributed by atoms with E-state index in [1.54, 1.807) is 6.20 Å². The molecule has 0 saturated heterocycles. The summed E-state index contributed by atoms with van der Waals surface area (Å²) in [7, 11) is 0. The molecule has 0 aliphatic heterocycles. The van der Waals surface area contributed by atoms with Gasteiger partial charge in [-0.2, -0.15) is 0 Å². The first-order valence-corrected chi connectivity index (χ1v) is 10.4. The van der Waals surface area contributed by atoms with Gasteiger partial charge in [-0.3, -0.25) is 4.98 Å². The average Bonchev–Trinajstić information content (AvgIpc) is 2.63. The third-order valence-corrected chi connectivity index (χ3v) is 6.44. The number of aryl methyl sites for hydroxylation is 1. The molecule has 1 aromatic carbocycles. The summed E-state index contributed by atoms with van der Waals surface area (Å²) in [5, 5.41) is 1.73. The zero-order chi connectivity index (χ0) is 20.2. The molecule has 2 aliphatic rings. The highest BCUT2D eigenvalue weighted by Crippen LogP contribution is 2.53. The summed E-state index contributed by atoms with van der Waals surface area (Å²) in [6.07, 6.45) is 10.8. The molecule has 1 heterocycles. The molecule has 0 N–H and O–H groups in total. The molecule has 4 rings (SSSR count). The number of halogens is 1. The Hall–Kier alpha value is -2.22. The van der Waals surface area contributed by atoms with Crippen molar-refractivity contribution in [2.45, 2.75) is 59.8 Å². The number of aromatic nitrogens is 1. The van der Waals surface area contributed by atoms with Crippen molar-refractivity contribution >= 4 is 16.3 Å². The van der Waals surface area contributed by atoms with Gasteiger partial charge in [-0.1, -0.05) is 57.6 Å². The van der Waals surface area contributed by atoms with Gasteiger partial charge in [-0.15, -0.1) is 0 Å². The first-order chi connectivity index (χ1) is 13.2. The van der Waals surface area contributed by atoms with E-state index in [-0.39, 0.29) is 11.2 Å². The summed E-state index contributed by atoms with van der Waals surface area (Å²) >= 11 is 0. The van der Waals surface area contributed by atoms with Gasteiger partial charge in [0.1, 0.15) is 5.82 Å². The van der Waals surface area contributed by atoms with Crippen LogP contribution < -0.4 is 0 Å². The molecule has 1 atom stereocenters. The van der Waals surface area contributed by atoms with Gasteiger partial charge in [0.15, 0.2) is 0 Å². The van der Waals surface area contributed by atoms with E-state index in [1.807, 2.05) is 19.1 Å². The Morgan fingerprint density at radius 2 is 2.04 bits per heavy atom. The molecule has 0 amide bonds. The van der Waals surface area contributed by atoms with Crippen molar-refractivity contribution in [3.05, 3.63) is 70.3 Å². The van der Waals surface area contributed by atoms with Gasteiger partial charge < -0.3 is 0 Å². The van der Waals surface area contributed by atoms with E-state index in [9.17, 15) is 4.39 Å². The van der Waals surface area contributed by atoms with Gasteiger partial charge in [0.25, 0.3) is 0 Å². The third kappa shape index (κ3) is 2.77. The lowest BCUT2D eigenvalue weighted by Gasteiger charge is -2.41. The molecule has 0 bridgehead atoms. The van der Waals surface area contributed by atoms with E-state index in [0.29, 0.717) is 22.8 Å². The molecule has 2 aliphatic carbocycles. The number of nitrogens with zero attached hydrogens (tertiary/aromatic N) is 1. The van der Waals surface area contributed by atoms with Crippen LogP contribution in [0, 0.1) is 24.6 Å². The molecule has 146 valence electrons. The van der Waals surface area contributed by atoms with Crippen molar-refractivity contribution < 1.29 is 4.39 Å². The van der Waals surface area contributed by atoms with Crippen LogP contribution in [-0.4, -0.2) is 4.98 Å². The Balaban J connectivity index is 2.01. The van der Waals surface area contributed by atoms with Crippen LogP contribution >= 0.6 is 0 Å². The second kappa shape index (κ2) is 6.69. The number of fused-ring (bicyclic) bond motifs is 1. The van der Waals surface area contributed by atoms with Crippen molar-refractivity contribution in [2.75, 3.05) is 0 Å². The minimum absolute atomic E-state index is 0.110. The van der Waals surface area contributed by atoms with E-state index < -0.39 is 0 Å². The van der Waals surface area contributed by atoms with Crippen LogP contribution in [0.3, 0.4) is 0 Å². The van der Waals surface area contributed by atoms with Gasteiger partial charge in [-0.25, -0.2) is 4.39 Å². The van der Waals surface area contributed by atoms with Gasteiger partial charge in [0.05, 0.1) is 5.69 Å². The Bertz CT molecular complexity index is 1050. The first-order valence-electron chi connectivity index (χ1n) is 10.4. The van der Waals surface area contributed by atoms with E-state index in [0.717, 1.165) is 23.9 Å². The van der Waals surface area contributed by atoms with E-state index in [4.69, 9.17) is 4.98 Å². The zero-order valence-corrected chi connectivity index (χ0v) is 17.9. The maximum absolute atomic E-state index is 15.0. The number of pyridine rings is 1. The summed E-state index contributed by atoms with van der Waals surface area (Å²) in [6.45, 7) is 13.1. The predicted molar refractivity (Wildman–Crippen MR) is 117 cm³/mol. The highest BCUT2D eigenvalue weighted by atomic mass is 19.1. The Kier molecular flexibility index (Phi) is 4.56. The van der Waals surface area contributed by atoms with Crippen LogP contribution in [0.4, 0.5) is 4.39 Å². The lowest BCUT2D eigenvalue weighted by Crippen LogP contribution is -2.30. The lowest BCUT2D eigenvalue weighted by atomic mass is 9.62. The zero-order valence-electron chi connectivity index (χ0n) is 17.9. The second-order valence-electron chi connectivity index (χ2n) is 9.28. The van der Waals surface area contributed by atoms with Crippen molar-refractivity contribution in [3.8, 4) is 0 Å². The number of benzene rings is 1. The number of rotatable bonds is 3. The van der Waals surface area contributed by atoms with Crippen LogP contribution in [-0.2, 0) is 5.41 Å². The summed E-state index contributed by atoms with van der Waals surface area (Å²) in [4.78, 5) is 4.81. The van der Waals surface area contributed by atoms with Gasteiger partial charge in [-0.05, 0) is 66.9 Å². The highest BCUT2D eigenvalue weighted by molar-refractivity contribution is 6.01. The molecule has 1 nitrogen and oxygen atoms in total. The monoisotopic (exact) mass is 375 g/mol. The summed E-state index contributed by atoms with van der Waals surface area (Å²) < 4.78 is 15.0. The van der Waals surface area contributed by atoms with Crippen LogP contribution in [0.5, 0.6) is 0 Å². The SMILES string of the molecule is CC1=CCC(CC=CC(C)C)C2=C1C(C)(C)c1cc(C)c(F)c3ccnc2c13. The molecular formula is C26H30FN. The van der Waals surface area contributed by atoms with E-state index in [1.165, 1.54) is 22.3 Å². The Morgan fingerprint density at radius 3 is 2.75 bits per heavy atom. The van der Waals surface area contributed by atoms with Crippen LogP contribution in [0.15, 0.2) is 47.7 Å². The fraction of sp³-hybridized carbons (Fsp3) is 0.423. The van der Waals surface area contributed by atoms with Crippen molar-refractivity contribution in [2.24, 2.45) is 11.8 Å². The summed E-state index contributed by atoms with van der Waals surface area (Å²) in [5.41, 5.74) is 6.81. The van der Waals surface area contributed by atoms with E-state index in [2.05, 4.69) is 52.8 Å².